The van der Waals surface area contributed by atoms with Crippen LogP contribution in [0.15, 0.2) is 24.3 Å². The second kappa shape index (κ2) is 7.53. The van der Waals surface area contributed by atoms with E-state index in [4.69, 9.17) is 0 Å². The van der Waals surface area contributed by atoms with Gasteiger partial charge >= 0.3 is 6.36 Å². The summed E-state index contributed by atoms with van der Waals surface area (Å²) in [5.41, 5.74) is 0.170. The van der Waals surface area contributed by atoms with Crippen molar-refractivity contribution in [3.63, 3.8) is 0 Å². The van der Waals surface area contributed by atoms with Gasteiger partial charge in [0.05, 0.1) is 12.5 Å². The molecule has 3 rings (SSSR count). The quantitative estimate of drug-likeness (QED) is 0.759. The van der Waals surface area contributed by atoms with Crippen LogP contribution in [-0.2, 0) is 9.59 Å². The van der Waals surface area contributed by atoms with E-state index < -0.39 is 24.1 Å². The number of hydrogen-bond donors (Lipinski definition) is 3. The minimum atomic E-state index is -4.80. The third kappa shape index (κ3) is 4.87. The SMILES string of the molecule is O=C(C[C@@H]1N[C@H]2CCCC[C@@H]2NC1=O)Nc1cccc(OC(F)(F)F)c1. The molecule has 2 amide bonds. The Morgan fingerprint density at radius 1 is 1.23 bits per heavy atom. The Kier molecular flexibility index (Phi) is 5.36. The second-order valence-electron chi connectivity index (χ2n) is 6.55. The number of ether oxygens (including phenoxy) is 1. The molecule has 1 aliphatic carbocycles. The molecule has 0 unspecified atom stereocenters. The first-order valence-corrected chi connectivity index (χ1v) is 8.52. The maximum Gasteiger partial charge on any atom is 0.573 e. The van der Waals surface area contributed by atoms with E-state index in [2.05, 4.69) is 20.7 Å². The van der Waals surface area contributed by atoms with Crippen molar-refractivity contribution in [2.24, 2.45) is 0 Å². The fourth-order valence-corrected chi connectivity index (χ4v) is 3.44. The zero-order valence-corrected chi connectivity index (χ0v) is 13.9. The number of nitrogens with one attached hydrogen (secondary N) is 3. The minimum absolute atomic E-state index is 0.0978. The summed E-state index contributed by atoms with van der Waals surface area (Å²) in [5.74, 6) is -1.11. The molecule has 0 spiro atoms. The van der Waals surface area contributed by atoms with Gasteiger partial charge in [0, 0.05) is 23.8 Å². The highest BCUT2D eigenvalue weighted by molar-refractivity contribution is 5.95. The number of anilines is 1. The highest BCUT2D eigenvalue weighted by Gasteiger charge is 2.37. The van der Waals surface area contributed by atoms with Crippen LogP contribution in [0.25, 0.3) is 0 Å². The summed E-state index contributed by atoms with van der Waals surface area (Å²) in [5, 5.41) is 8.67. The lowest BCUT2D eigenvalue weighted by Crippen LogP contribution is -2.65. The van der Waals surface area contributed by atoms with E-state index in [0.717, 1.165) is 37.8 Å². The van der Waals surface area contributed by atoms with Gasteiger partial charge in [0.25, 0.3) is 0 Å². The standard InChI is InChI=1S/C17H20F3N3O3/c18-17(19,20)26-11-5-3-4-10(8-11)21-15(24)9-14-16(25)23-13-7-2-1-6-12(13)22-14/h3-5,8,12-14,22H,1-2,6-7,9H2,(H,21,24)(H,23,25)/t12-,13-,14-/m0/s1. The van der Waals surface area contributed by atoms with E-state index in [1.807, 2.05) is 0 Å². The summed E-state index contributed by atoms with van der Waals surface area (Å²) in [6, 6.07) is 4.62. The van der Waals surface area contributed by atoms with Crippen molar-refractivity contribution in [1.82, 2.24) is 10.6 Å². The van der Waals surface area contributed by atoms with E-state index in [-0.39, 0.29) is 30.1 Å². The van der Waals surface area contributed by atoms with Crippen LogP contribution in [0, 0.1) is 0 Å². The zero-order chi connectivity index (χ0) is 18.7. The summed E-state index contributed by atoms with van der Waals surface area (Å²) in [7, 11) is 0. The molecule has 0 bridgehead atoms. The topological polar surface area (TPSA) is 79.5 Å². The van der Waals surface area contributed by atoms with Gasteiger partial charge in [0.2, 0.25) is 11.8 Å². The molecule has 1 aromatic carbocycles. The molecule has 1 aliphatic heterocycles. The van der Waals surface area contributed by atoms with Crippen molar-refractivity contribution in [3.05, 3.63) is 24.3 Å². The van der Waals surface area contributed by atoms with Crippen LogP contribution in [0.2, 0.25) is 0 Å². The maximum absolute atomic E-state index is 12.3. The zero-order valence-electron chi connectivity index (χ0n) is 13.9. The molecule has 1 saturated carbocycles. The van der Waals surface area contributed by atoms with Gasteiger partial charge in [-0.2, -0.15) is 0 Å². The van der Waals surface area contributed by atoms with Crippen molar-refractivity contribution >= 4 is 17.5 Å². The Morgan fingerprint density at radius 2 is 1.96 bits per heavy atom. The molecule has 2 aliphatic rings. The lowest BCUT2D eigenvalue weighted by molar-refractivity contribution is -0.274. The number of hydrogen-bond acceptors (Lipinski definition) is 4. The van der Waals surface area contributed by atoms with Gasteiger partial charge in [0.15, 0.2) is 0 Å². The van der Waals surface area contributed by atoms with Gasteiger partial charge in [-0.1, -0.05) is 18.9 Å². The number of carbonyl (C=O) groups is 2. The maximum atomic E-state index is 12.3. The second-order valence-corrected chi connectivity index (χ2v) is 6.55. The molecule has 3 atom stereocenters. The molecule has 26 heavy (non-hydrogen) atoms. The number of alkyl halides is 3. The molecule has 1 heterocycles. The predicted octanol–water partition coefficient (Wildman–Crippen LogP) is 2.31. The van der Waals surface area contributed by atoms with Crippen molar-refractivity contribution in [1.29, 1.82) is 0 Å². The normalized spacial score (nSPS) is 25.8. The highest BCUT2D eigenvalue weighted by atomic mass is 19.4. The Bertz CT molecular complexity index is 681. The van der Waals surface area contributed by atoms with E-state index in [1.54, 1.807) is 0 Å². The van der Waals surface area contributed by atoms with Crippen molar-refractivity contribution in [2.45, 2.75) is 56.6 Å². The monoisotopic (exact) mass is 371 g/mol. The Morgan fingerprint density at radius 3 is 2.69 bits per heavy atom. The molecular weight excluding hydrogens is 351 g/mol. The highest BCUT2D eigenvalue weighted by Crippen LogP contribution is 2.25. The first-order chi connectivity index (χ1) is 12.3. The first kappa shape index (κ1) is 18.5. The molecule has 142 valence electrons. The molecular formula is C17H20F3N3O3. The lowest BCUT2D eigenvalue weighted by Gasteiger charge is -2.40. The van der Waals surface area contributed by atoms with Crippen LogP contribution in [0.1, 0.15) is 32.1 Å². The third-order valence-electron chi connectivity index (χ3n) is 4.57. The average molecular weight is 371 g/mol. The summed E-state index contributed by atoms with van der Waals surface area (Å²) >= 11 is 0. The Balaban J connectivity index is 1.57. The third-order valence-corrected chi connectivity index (χ3v) is 4.57. The molecule has 1 saturated heterocycles. The van der Waals surface area contributed by atoms with Crippen molar-refractivity contribution in [3.8, 4) is 5.75 Å². The average Bonchev–Trinajstić information content (AvgIpc) is 2.54. The summed E-state index contributed by atoms with van der Waals surface area (Å²) in [6.07, 6.45) is -0.879. The van der Waals surface area contributed by atoms with Crippen molar-refractivity contribution < 1.29 is 27.5 Å². The number of amides is 2. The van der Waals surface area contributed by atoms with Crippen LogP contribution in [0.4, 0.5) is 18.9 Å². The molecule has 3 N–H and O–H groups in total. The Labute approximate surface area is 148 Å². The molecule has 0 radical (unpaired) electrons. The molecule has 1 aromatic rings. The summed E-state index contributed by atoms with van der Waals surface area (Å²) in [6.45, 7) is 0. The van der Waals surface area contributed by atoms with Crippen LogP contribution in [-0.4, -0.2) is 36.3 Å². The van der Waals surface area contributed by atoms with Crippen LogP contribution < -0.4 is 20.7 Å². The Hall–Kier alpha value is -2.29. The number of piperazine rings is 1. The van der Waals surface area contributed by atoms with Gasteiger partial charge in [0.1, 0.15) is 5.75 Å². The fraction of sp³-hybridized carbons (Fsp3) is 0.529. The number of rotatable bonds is 4. The van der Waals surface area contributed by atoms with Crippen LogP contribution in [0.5, 0.6) is 5.75 Å². The number of carbonyl (C=O) groups excluding carboxylic acids is 2. The van der Waals surface area contributed by atoms with Gasteiger partial charge in [-0.15, -0.1) is 13.2 Å². The number of halogens is 3. The summed E-state index contributed by atoms with van der Waals surface area (Å²) in [4.78, 5) is 24.3. The van der Waals surface area contributed by atoms with E-state index >= 15 is 0 Å². The molecule has 2 fully saturated rings. The van der Waals surface area contributed by atoms with E-state index in [1.165, 1.54) is 12.1 Å². The van der Waals surface area contributed by atoms with Crippen molar-refractivity contribution in [2.75, 3.05) is 5.32 Å². The van der Waals surface area contributed by atoms with E-state index in [0.29, 0.717) is 0 Å². The molecule has 9 heteroatoms. The summed E-state index contributed by atoms with van der Waals surface area (Å²) < 4.78 is 40.6. The smallest absolute Gasteiger partial charge is 0.406 e. The van der Waals surface area contributed by atoms with Gasteiger partial charge in [-0.3, -0.25) is 9.59 Å². The van der Waals surface area contributed by atoms with E-state index in [9.17, 15) is 22.8 Å². The predicted molar refractivity (Wildman–Crippen MR) is 87.5 cm³/mol. The minimum Gasteiger partial charge on any atom is -0.406 e. The van der Waals surface area contributed by atoms with Gasteiger partial charge in [-0.05, 0) is 25.0 Å². The van der Waals surface area contributed by atoms with Crippen LogP contribution in [0.3, 0.4) is 0 Å². The number of benzene rings is 1. The lowest BCUT2D eigenvalue weighted by atomic mass is 9.87. The van der Waals surface area contributed by atoms with Gasteiger partial charge in [-0.25, -0.2) is 0 Å². The fourth-order valence-electron chi connectivity index (χ4n) is 3.44. The molecule has 6 nitrogen and oxygen atoms in total. The molecule has 0 aromatic heterocycles. The van der Waals surface area contributed by atoms with Gasteiger partial charge < -0.3 is 20.7 Å². The largest absolute Gasteiger partial charge is 0.573 e. The first-order valence-electron chi connectivity index (χ1n) is 8.52. The van der Waals surface area contributed by atoms with Crippen LogP contribution >= 0.6 is 0 Å². The number of fused-ring (bicyclic) bond motifs is 1.